The summed E-state index contributed by atoms with van der Waals surface area (Å²) in [6.45, 7) is 0.345. The minimum absolute atomic E-state index is 0.0168. The van der Waals surface area contributed by atoms with Crippen LogP contribution in [0.25, 0.3) is 21.8 Å². The van der Waals surface area contributed by atoms with Crippen molar-refractivity contribution in [3.8, 4) is 5.75 Å². The van der Waals surface area contributed by atoms with Crippen molar-refractivity contribution in [1.29, 1.82) is 0 Å². The first-order chi connectivity index (χ1) is 16.1. The number of carbonyl (C=O) groups excluding carboxylic acids is 1. The molecule has 6 heteroatoms. The van der Waals surface area contributed by atoms with E-state index in [2.05, 4.69) is 5.32 Å². The van der Waals surface area contributed by atoms with Gasteiger partial charge in [-0.05, 0) is 25.0 Å². The summed E-state index contributed by atoms with van der Waals surface area (Å²) in [5, 5.41) is 4.71. The van der Waals surface area contributed by atoms with Gasteiger partial charge in [0.1, 0.15) is 11.3 Å². The molecule has 0 radical (unpaired) electrons. The number of hydrogen-bond donors (Lipinski definition) is 1. The van der Waals surface area contributed by atoms with Gasteiger partial charge in [-0.25, -0.2) is 0 Å². The highest BCUT2D eigenvalue weighted by atomic mass is 16.5. The molecule has 1 aliphatic carbocycles. The lowest BCUT2D eigenvalue weighted by atomic mass is 9.95. The molecule has 0 aliphatic heterocycles. The molecule has 5 rings (SSSR count). The van der Waals surface area contributed by atoms with Gasteiger partial charge in [0.05, 0.1) is 12.7 Å². The lowest BCUT2D eigenvalue weighted by molar-refractivity contribution is 0.0951. The van der Waals surface area contributed by atoms with Crippen LogP contribution in [0, 0.1) is 0 Å². The second-order valence-electron chi connectivity index (χ2n) is 8.84. The number of methoxy groups -OCH3 is 1. The van der Waals surface area contributed by atoms with Crippen molar-refractivity contribution in [2.24, 2.45) is 7.05 Å². The number of benzene rings is 2. The molecule has 6 nitrogen and oxygen atoms in total. The van der Waals surface area contributed by atoms with Crippen molar-refractivity contribution in [2.45, 2.75) is 44.7 Å². The number of pyridine rings is 1. The van der Waals surface area contributed by atoms with Crippen LogP contribution in [0.5, 0.6) is 5.75 Å². The van der Waals surface area contributed by atoms with Crippen molar-refractivity contribution in [2.75, 3.05) is 7.11 Å². The van der Waals surface area contributed by atoms with E-state index in [0.717, 1.165) is 53.3 Å². The molecule has 2 aromatic heterocycles. The topological polar surface area (TPSA) is 65.3 Å². The highest BCUT2D eigenvalue weighted by Crippen LogP contribution is 2.32. The van der Waals surface area contributed by atoms with E-state index in [1.807, 2.05) is 64.7 Å². The summed E-state index contributed by atoms with van der Waals surface area (Å²) in [6.07, 6.45) is 7.16. The van der Waals surface area contributed by atoms with Gasteiger partial charge in [0, 0.05) is 47.7 Å². The molecule has 1 saturated carbocycles. The third-order valence-electron chi connectivity index (χ3n) is 6.93. The first-order valence-electron chi connectivity index (χ1n) is 11.6. The van der Waals surface area contributed by atoms with E-state index in [1.54, 1.807) is 13.3 Å². The normalized spacial score (nSPS) is 14.6. The van der Waals surface area contributed by atoms with E-state index in [1.165, 1.54) is 6.42 Å². The van der Waals surface area contributed by atoms with Gasteiger partial charge in [-0.1, -0.05) is 55.7 Å². The number of nitrogens with zero attached hydrogens (tertiary/aromatic N) is 2. The Morgan fingerprint density at radius 3 is 2.58 bits per heavy atom. The van der Waals surface area contributed by atoms with Crippen LogP contribution in [0.4, 0.5) is 0 Å². The zero-order chi connectivity index (χ0) is 22.9. The Bertz CT molecular complexity index is 1390. The summed E-state index contributed by atoms with van der Waals surface area (Å²) >= 11 is 0. The Morgan fingerprint density at radius 2 is 1.79 bits per heavy atom. The summed E-state index contributed by atoms with van der Waals surface area (Å²) in [7, 11) is 3.54. The smallest absolute Gasteiger partial charge is 0.275 e. The average Bonchev–Trinajstić information content (AvgIpc) is 3.16. The molecule has 170 valence electrons. The van der Waals surface area contributed by atoms with Gasteiger partial charge < -0.3 is 19.2 Å². The maximum absolute atomic E-state index is 13.6. The number of fused-ring (bicyclic) bond motifs is 3. The number of nitrogens with one attached hydrogen (secondary N) is 1. The second-order valence-corrected chi connectivity index (χ2v) is 8.84. The molecule has 1 N–H and O–H groups in total. The van der Waals surface area contributed by atoms with Crippen LogP contribution >= 0.6 is 0 Å². The van der Waals surface area contributed by atoms with E-state index in [-0.39, 0.29) is 17.5 Å². The summed E-state index contributed by atoms with van der Waals surface area (Å²) in [5.74, 6) is 0.548. The first kappa shape index (κ1) is 21.3. The van der Waals surface area contributed by atoms with E-state index in [4.69, 9.17) is 4.74 Å². The number of hydrogen-bond acceptors (Lipinski definition) is 3. The number of carbonyl (C=O) groups is 1. The number of amides is 1. The fourth-order valence-electron chi connectivity index (χ4n) is 5.22. The fraction of sp³-hybridized carbons (Fsp3) is 0.333. The molecule has 2 heterocycles. The molecular formula is C27H29N3O3. The molecule has 1 amide bonds. The molecule has 1 aliphatic rings. The van der Waals surface area contributed by atoms with Gasteiger partial charge in [-0.3, -0.25) is 9.59 Å². The Morgan fingerprint density at radius 1 is 1.06 bits per heavy atom. The molecule has 0 unspecified atom stereocenters. The summed E-state index contributed by atoms with van der Waals surface area (Å²) in [6, 6.07) is 15.7. The maximum Gasteiger partial charge on any atom is 0.275 e. The number of aryl methyl sites for hydroxylation is 1. The Kier molecular flexibility index (Phi) is 5.67. The molecule has 0 bridgehead atoms. The largest absolute Gasteiger partial charge is 0.496 e. The highest BCUT2D eigenvalue weighted by Gasteiger charge is 2.25. The summed E-state index contributed by atoms with van der Waals surface area (Å²) in [4.78, 5) is 27.2. The lowest BCUT2D eigenvalue weighted by Gasteiger charge is -2.25. The number of aromatic nitrogens is 2. The molecule has 0 spiro atoms. The van der Waals surface area contributed by atoms with Gasteiger partial charge in [-0.15, -0.1) is 0 Å². The quantitative estimate of drug-likeness (QED) is 0.475. The average molecular weight is 444 g/mol. The van der Waals surface area contributed by atoms with Gasteiger partial charge >= 0.3 is 0 Å². The molecular weight excluding hydrogens is 414 g/mol. The van der Waals surface area contributed by atoms with Crippen LogP contribution in [0.3, 0.4) is 0 Å². The van der Waals surface area contributed by atoms with Crippen LogP contribution in [-0.2, 0) is 13.6 Å². The predicted molar refractivity (Wildman–Crippen MR) is 131 cm³/mol. The van der Waals surface area contributed by atoms with Crippen molar-refractivity contribution in [3.05, 3.63) is 76.2 Å². The van der Waals surface area contributed by atoms with Crippen LogP contribution < -0.4 is 15.6 Å². The standard InChI is InChI=1S/C27H29N3O3/c1-29-22-14-8-7-13-20(22)24-21(26(31)28-16-18-10-6-9-15-23(18)33-2)17-30(27(32)25(24)29)19-11-4-3-5-12-19/h6-10,13-15,17,19H,3-5,11-12,16H2,1-2H3,(H,28,31). The maximum atomic E-state index is 13.6. The van der Waals surface area contributed by atoms with Crippen molar-refractivity contribution in [3.63, 3.8) is 0 Å². The highest BCUT2D eigenvalue weighted by molar-refractivity contribution is 6.17. The van der Waals surface area contributed by atoms with Crippen LogP contribution in [0.2, 0.25) is 0 Å². The molecule has 1 fully saturated rings. The summed E-state index contributed by atoms with van der Waals surface area (Å²) < 4.78 is 9.18. The SMILES string of the molecule is COc1ccccc1CNC(=O)c1cn(C2CCCCC2)c(=O)c2c1c1ccccc1n2C. The number of rotatable bonds is 5. The van der Waals surface area contributed by atoms with Crippen LogP contribution in [-0.4, -0.2) is 22.2 Å². The van der Waals surface area contributed by atoms with Gasteiger partial charge in [0.25, 0.3) is 11.5 Å². The van der Waals surface area contributed by atoms with Crippen LogP contribution in [0.15, 0.2) is 59.5 Å². The predicted octanol–water partition coefficient (Wildman–Crippen LogP) is 4.94. The Balaban J connectivity index is 1.64. The van der Waals surface area contributed by atoms with Crippen molar-refractivity contribution >= 4 is 27.7 Å². The third kappa shape index (κ3) is 3.69. The van der Waals surface area contributed by atoms with E-state index < -0.39 is 0 Å². The van der Waals surface area contributed by atoms with Gasteiger partial charge in [-0.2, -0.15) is 0 Å². The molecule has 4 aromatic rings. The van der Waals surface area contributed by atoms with E-state index >= 15 is 0 Å². The minimum Gasteiger partial charge on any atom is -0.496 e. The zero-order valence-corrected chi connectivity index (χ0v) is 19.1. The van der Waals surface area contributed by atoms with E-state index in [0.29, 0.717) is 17.6 Å². The Labute approximate surface area is 192 Å². The lowest BCUT2D eigenvalue weighted by Crippen LogP contribution is -2.30. The van der Waals surface area contributed by atoms with E-state index in [9.17, 15) is 9.59 Å². The first-order valence-corrected chi connectivity index (χ1v) is 11.6. The van der Waals surface area contributed by atoms with Crippen molar-refractivity contribution < 1.29 is 9.53 Å². The van der Waals surface area contributed by atoms with Crippen molar-refractivity contribution in [1.82, 2.24) is 14.5 Å². The molecule has 33 heavy (non-hydrogen) atoms. The number of ether oxygens (including phenoxy) is 1. The monoisotopic (exact) mass is 443 g/mol. The molecule has 0 saturated heterocycles. The second kappa shape index (κ2) is 8.77. The number of para-hydroxylation sites is 2. The summed E-state index contributed by atoms with van der Waals surface area (Å²) in [5.41, 5.74) is 2.97. The van der Waals surface area contributed by atoms with Gasteiger partial charge in [0.2, 0.25) is 0 Å². The minimum atomic E-state index is -0.188. The van der Waals surface area contributed by atoms with Gasteiger partial charge in [0.15, 0.2) is 0 Å². The zero-order valence-electron chi connectivity index (χ0n) is 19.1. The molecule has 0 atom stereocenters. The molecule has 2 aromatic carbocycles. The Hall–Kier alpha value is -3.54. The van der Waals surface area contributed by atoms with Crippen LogP contribution in [0.1, 0.15) is 54.1 Å². The third-order valence-corrected chi connectivity index (χ3v) is 6.93. The fourth-order valence-corrected chi connectivity index (χ4v) is 5.22.